The van der Waals surface area contributed by atoms with Crippen molar-refractivity contribution in [1.29, 1.82) is 0 Å². The van der Waals surface area contributed by atoms with Crippen molar-refractivity contribution >= 4 is 11.9 Å². The van der Waals surface area contributed by atoms with Gasteiger partial charge in [-0.2, -0.15) is 0 Å². The van der Waals surface area contributed by atoms with E-state index in [1.54, 1.807) is 0 Å². The van der Waals surface area contributed by atoms with Crippen LogP contribution in [0.5, 0.6) is 0 Å². The number of nitrogens with one attached hydrogen (secondary N) is 1. The van der Waals surface area contributed by atoms with Gasteiger partial charge in [-0.15, -0.1) is 0 Å². The lowest BCUT2D eigenvalue weighted by molar-refractivity contribution is -0.145. The van der Waals surface area contributed by atoms with Gasteiger partial charge in [-0.25, -0.2) is 0 Å². The van der Waals surface area contributed by atoms with Crippen LogP contribution in [0.1, 0.15) is 51.4 Å². The number of hydrogen-bond acceptors (Lipinski definition) is 3. The maximum Gasteiger partial charge on any atom is 0.306 e. The van der Waals surface area contributed by atoms with E-state index >= 15 is 0 Å². The van der Waals surface area contributed by atoms with Crippen LogP contribution in [0.25, 0.3) is 0 Å². The zero-order valence-electron chi connectivity index (χ0n) is 12.1. The summed E-state index contributed by atoms with van der Waals surface area (Å²) in [4.78, 5) is 24.8. The first kappa shape index (κ1) is 15.3. The Morgan fingerprint density at radius 1 is 1.00 bits per heavy atom. The van der Waals surface area contributed by atoms with E-state index in [9.17, 15) is 9.59 Å². The van der Waals surface area contributed by atoms with Crippen molar-refractivity contribution in [3.63, 3.8) is 0 Å². The molecule has 1 amide bonds. The predicted octanol–water partition coefficient (Wildman–Crippen LogP) is 1.62. The highest BCUT2D eigenvalue weighted by molar-refractivity contribution is 5.79. The number of carbonyl (C=O) groups is 2. The van der Waals surface area contributed by atoms with E-state index in [0.29, 0.717) is 38.5 Å². The maximum absolute atomic E-state index is 12.1. The molecule has 0 bridgehead atoms. The number of likely N-dealkylation sites (tertiary alicyclic amines) is 1. The summed E-state index contributed by atoms with van der Waals surface area (Å²) in [7, 11) is 0. The van der Waals surface area contributed by atoms with E-state index in [0.717, 1.165) is 0 Å². The van der Waals surface area contributed by atoms with E-state index in [2.05, 4.69) is 5.32 Å². The number of nitrogens with zero attached hydrogens (tertiary/aromatic N) is 1. The molecule has 1 aliphatic carbocycles. The number of carboxylic acids is 1. The first-order valence-corrected chi connectivity index (χ1v) is 7.91. The average molecular weight is 282 g/mol. The lowest BCUT2D eigenvalue weighted by Crippen LogP contribution is -2.45. The van der Waals surface area contributed by atoms with Gasteiger partial charge < -0.3 is 15.3 Å². The zero-order chi connectivity index (χ0) is 14.4. The molecule has 1 heterocycles. The third kappa shape index (κ3) is 4.47. The SMILES string of the molecule is O=C(O)C1CCN(C(=O)CNC2CCCCCC2)CC1. The Balaban J connectivity index is 1.68. The Morgan fingerprint density at radius 2 is 1.60 bits per heavy atom. The molecule has 1 saturated carbocycles. The minimum absolute atomic E-state index is 0.123. The minimum Gasteiger partial charge on any atom is -0.481 e. The number of carbonyl (C=O) groups excluding carboxylic acids is 1. The number of carboxylic acid groups (broad SMARTS) is 1. The van der Waals surface area contributed by atoms with E-state index in [-0.39, 0.29) is 11.8 Å². The number of aliphatic carboxylic acids is 1. The maximum atomic E-state index is 12.1. The van der Waals surface area contributed by atoms with Gasteiger partial charge in [0.25, 0.3) is 0 Å². The van der Waals surface area contributed by atoms with E-state index in [1.807, 2.05) is 4.90 Å². The fourth-order valence-corrected chi connectivity index (χ4v) is 3.20. The lowest BCUT2D eigenvalue weighted by Gasteiger charge is -2.30. The van der Waals surface area contributed by atoms with Gasteiger partial charge in [-0.05, 0) is 25.7 Å². The summed E-state index contributed by atoms with van der Waals surface area (Å²) in [5.41, 5.74) is 0. The highest BCUT2D eigenvalue weighted by atomic mass is 16.4. The first-order valence-electron chi connectivity index (χ1n) is 7.91. The molecule has 0 aromatic rings. The van der Waals surface area contributed by atoms with Crippen molar-refractivity contribution in [3.05, 3.63) is 0 Å². The van der Waals surface area contributed by atoms with Gasteiger partial charge in [0.05, 0.1) is 12.5 Å². The van der Waals surface area contributed by atoms with Crippen LogP contribution >= 0.6 is 0 Å². The monoisotopic (exact) mass is 282 g/mol. The van der Waals surface area contributed by atoms with Gasteiger partial charge in [0.1, 0.15) is 0 Å². The van der Waals surface area contributed by atoms with Crippen molar-refractivity contribution < 1.29 is 14.7 Å². The van der Waals surface area contributed by atoms with Crippen molar-refractivity contribution in [2.24, 2.45) is 5.92 Å². The molecule has 0 aromatic heterocycles. The standard InChI is InChI=1S/C15H26N2O3/c18-14(11-16-13-5-3-1-2-4-6-13)17-9-7-12(8-10-17)15(19)20/h12-13,16H,1-11H2,(H,19,20). The van der Waals surface area contributed by atoms with Crippen molar-refractivity contribution in [2.75, 3.05) is 19.6 Å². The molecule has 0 unspecified atom stereocenters. The lowest BCUT2D eigenvalue weighted by atomic mass is 9.97. The van der Waals surface area contributed by atoms with E-state index in [4.69, 9.17) is 5.11 Å². The van der Waals surface area contributed by atoms with Crippen molar-refractivity contribution in [2.45, 2.75) is 57.4 Å². The highest BCUT2D eigenvalue weighted by Gasteiger charge is 2.27. The summed E-state index contributed by atoms with van der Waals surface area (Å²) in [6, 6.07) is 0.484. The molecule has 2 N–H and O–H groups in total. The Bertz CT molecular complexity index is 330. The largest absolute Gasteiger partial charge is 0.481 e. The Kier molecular flexibility index (Phi) is 5.83. The summed E-state index contributed by atoms with van der Waals surface area (Å²) in [6.07, 6.45) is 8.67. The topological polar surface area (TPSA) is 69.6 Å². The van der Waals surface area contributed by atoms with Crippen LogP contribution < -0.4 is 5.32 Å². The first-order chi connectivity index (χ1) is 9.66. The van der Waals surface area contributed by atoms with Crippen LogP contribution in [0.2, 0.25) is 0 Å². The van der Waals surface area contributed by atoms with Crippen LogP contribution in [0.4, 0.5) is 0 Å². The van der Waals surface area contributed by atoms with Gasteiger partial charge in [0.2, 0.25) is 5.91 Å². The van der Waals surface area contributed by atoms with E-state index < -0.39 is 5.97 Å². The normalized spacial score (nSPS) is 22.5. The molecule has 0 aromatic carbocycles. The summed E-state index contributed by atoms with van der Waals surface area (Å²) in [5, 5.41) is 12.3. The molecule has 1 aliphatic heterocycles. The van der Waals surface area contributed by atoms with Crippen LogP contribution in [0.3, 0.4) is 0 Å². The fraction of sp³-hybridized carbons (Fsp3) is 0.867. The van der Waals surface area contributed by atoms with E-state index in [1.165, 1.54) is 38.5 Å². The van der Waals surface area contributed by atoms with Gasteiger partial charge in [-0.3, -0.25) is 9.59 Å². The third-order valence-electron chi connectivity index (χ3n) is 4.59. The highest BCUT2D eigenvalue weighted by Crippen LogP contribution is 2.18. The molecule has 20 heavy (non-hydrogen) atoms. The van der Waals surface area contributed by atoms with Crippen LogP contribution in [-0.4, -0.2) is 47.6 Å². The molecule has 2 rings (SSSR count). The van der Waals surface area contributed by atoms with Crippen LogP contribution in [0, 0.1) is 5.92 Å². The second-order valence-corrected chi connectivity index (χ2v) is 6.06. The van der Waals surface area contributed by atoms with Crippen LogP contribution in [0.15, 0.2) is 0 Å². The molecule has 0 radical (unpaired) electrons. The molecule has 0 spiro atoms. The quantitative estimate of drug-likeness (QED) is 0.769. The Hall–Kier alpha value is -1.10. The number of rotatable bonds is 4. The van der Waals surface area contributed by atoms with Crippen molar-refractivity contribution in [1.82, 2.24) is 10.2 Å². The molecule has 1 saturated heterocycles. The molecule has 2 fully saturated rings. The fourth-order valence-electron chi connectivity index (χ4n) is 3.20. The second-order valence-electron chi connectivity index (χ2n) is 6.06. The number of hydrogen-bond donors (Lipinski definition) is 2. The third-order valence-corrected chi connectivity index (χ3v) is 4.59. The van der Waals surface area contributed by atoms with Gasteiger partial charge in [-0.1, -0.05) is 25.7 Å². The molecular formula is C15H26N2O3. The Labute approximate surface area is 120 Å². The molecule has 5 heteroatoms. The summed E-state index contributed by atoms with van der Waals surface area (Å²) in [5.74, 6) is -0.874. The van der Waals surface area contributed by atoms with Gasteiger partial charge >= 0.3 is 5.97 Å². The number of amides is 1. The smallest absolute Gasteiger partial charge is 0.306 e. The summed E-state index contributed by atoms with van der Waals surface area (Å²) >= 11 is 0. The second kappa shape index (κ2) is 7.62. The van der Waals surface area contributed by atoms with Gasteiger partial charge in [0, 0.05) is 19.1 Å². The minimum atomic E-state index is -0.728. The summed E-state index contributed by atoms with van der Waals surface area (Å²) < 4.78 is 0. The Morgan fingerprint density at radius 3 is 2.15 bits per heavy atom. The zero-order valence-corrected chi connectivity index (χ0v) is 12.1. The molecule has 2 aliphatic rings. The van der Waals surface area contributed by atoms with Crippen LogP contribution in [-0.2, 0) is 9.59 Å². The molecular weight excluding hydrogens is 256 g/mol. The van der Waals surface area contributed by atoms with Gasteiger partial charge in [0.15, 0.2) is 0 Å². The number of piperidine rings is 1. The molecule has 0 atom stereocenters. The average Bonchev–Trinajstić information content (AvgIpc) is 2.73. The van der Waals surface area contributed by atoms with Crippen molar-refractivity contribution in [3.8, 4) is 0 Å². The molecule has 5 nitrogen and oxygen atoms in total. The molecule has 114 valence electrons. The predicted molar refractivity (Wildman–Crippen MR) is 76.4 cm³/mol. The summed E-state index contributed by atoms with van der Waals surface area (Å²) in [6.45, 7) is 1.58.